The van der Waals surface area contributed by atoms with Crippen molar-refractivity contribution in [3.8, 4) is 0 Å². The van der Waals surface area contributed by atoms with E-state index in [1.165, 1.54) is 28.8 Å². The Balaban J connectivity index is 2.25. The highest BCUT2D eigenvalue weighted by atomic mass is 35.5. The fourth-order valence-electron chi connectivity index (χ4n) is 1.65. The van der Waals surface area contributed by atoms with E-state index in [0.29, 0.717) is 17.8 Å². The van der Waals surface area contributed by atoms with Crippen molar-refractivity contribution in [1.29, 1.82) is 0 Å². The van der Waals surface area contributed by atoms with Gasteiger partial charge < -0.3 is 9.88 Å². The number of anilines is 1. The number of aryl methyl sites for hydroxylation is 1. The van der Waals surface area contributed by atoms with Gasteiger partial charge in [0.1, 0.15) is 10.3 Å². The molecule has 2 heterocycles. The Bertz CT molecular complexity index is 693. The largest absolute Gasteiger partial charge is 0.321 e. The summed E-state index contributed by atoms with van der Waals surface area (Å²) in [6, 6.07) is 5.76. The SMILES string of the molecule is CCn1cc(NC(=O)c2cc(Cl)nc(Cl)c2)ccc1=O. The van der Waals surface area contributed by atoms with Crippen molar-refractivity contribution in [2.45, 2.75) is 13.5 Å². The molecular formula is C13H11Cl2N3O2. The molecule has 0 aliphatic carbocycles. The summed E-state index contributed by atoms with van der Waals surface area (Å²) >= 11 is 11.5. The van der Waals surface area contributed by atoms with Crippen molar-refractivity contribution in [2.75, 3.05) is 5.32 Å². The summed E-state index contributed by atoms with van der Waals surface area (Å²) < 4.78 is 1.49. The van der Waals surface area contributed by atoms with Crippen LogP contribution in [0, 0.1) is 0 Å². The first-order chi connectivity index (χ1) is 9.49. The maximum atomic E-state index is 12.1. The lowest BCUT2D eigenvalue weighted by atomic mass is 10.2. The van der Waals surface area contributed by atoms with E-state index in [2.05, 4.69) is 10.3 Å². The Morgan fingerprint density at radius 1 is 1.30 bits per heavy atom. The number of pyridine rings is 2. The topological polar surface area (TPSA) is 64.0 Å². The lowest BCUT2D eigenvalue weighted by Crippen LogP contribution is -2.19. The highest BCUT2D eigenvalue weighted by Crippen LogP contribution is 2.16. The summed E-state index contributed by atoms with van der Waals surface area (Å²) in [5.74, 6) is -0.377. The monoisotopic (exact) mass is 311 g/mol. The predicted octanol–water partition coefficient (Wildman–Crippen LogP) is 2.82. The molecule has 2 aromatic heterocycles. The minimum absolute atomic E-state index is 0.125. The predicted molar refractivity (Wildman–Crippen MR) is 78.6 cm³/mol. The number of carbonyl (C=O) groups excluding carboxylic acids is 1. The number of nitrogens with one attached hydrogen (secondary N) is 1. The van der Waals surface area contributed by atoms with Crippen LogP contribution < -0.4 is 10.9 Å². The van der Waals surface area contributed by atoms with Gasteiger partial charge in [-0.1, -0.05) is 23.2 Å². The third kappa shape index (κ3) is 3.37. The van der Waals surface area contributed by atoms with E-state index in [1.807, 2.05) is 6.92 Å². The van der Waals surface area contributed by atoms with Gasteiger partial charge in [0.05, 0.1) is 5.69 Å². The van der Waals surface area contributed by atoms with Gasteiger partial charge in [0.25, 0.3) is 11.5 Å². The van der Waals surface area contributed by atoms with Gasteiger partial charge in [-0.25, -0.2) is 4.98 Å². The Morgan fingerprint density at radius 3 is 2.55 bits per heavy atom. The van der Waals surface area contributed by atoms with Gasteiger partial charge in [-0.15, -0.1) is 0 Å². The van der Waals surface area contributed by atoms with E-state index in [1.54, 1.807) is 6.20 Å². The average Bonchev–Trinajstić information content (AvgIpc) is 2.39. The molecule has 104 valence electrons. The number of rotatable bonds is 3. The van der Waals surface area contributed by atoms with E-state index in [4.69, 9.17) is 23.2 Å². The molecule has 0 spiro atoms. The summed E-state index contributed by atoms with van der Waals surface area (Å²) in [4.78, 5) is 27.3. The van der Waals surface area contributed by atoms with Crippen molar-refractivity contribution in [2.24, 2.45) is 0 Å². The molecule has 0 aromatic carbocycles. The highest BCUT2D eigenvalue weighted by molar-refractivity contribution is 6.33. The normalized spacial score (nSPS) is 10.3. The summed E-state index contributed by atoms with van der Waals surface area (Å²) in [7, 11) is 0. The molecule has 20 heavy (non-hydrogen) atoms. The molecule has 1 amide bonds. The third-order valence-corrected chi connectivity index (χ3v) is 2.99. The van der Waals surface area contributed by atoms with Crippen LogP contribution in [0.5, 0.6) is 0 Å². The molecule has 0 atom stereocenters. The second kappa shape index (κ2) is 6.07. The van der Waals surface area contributed by atoms with Gasteiger partial charge in [-0.3, -0.25) is 9.59 Å². The lowest BCUT2D eigenvalue weighted by molar-refractivity contribution is 0.102. The van der Waals surface area contributed by atoms with E-state index in [0.717, 1.165) is 0 Å². The Labute approximate surface area is 125 Å². The number of halogens is 2. The number of carbonyl (C=O) groups is 1. The molecule has 2 rings (SSSR count). The van der Waals surface area contributed by atoms with Crippen molar-refractivity contribution < 1.29 is 4.79 Å². The zero-order valence-corrected chi connectivity index (χ0v) is 12.1. The molecule has 0 aliphatic heterocycles. The molecule has 0 aliphatic rings. The van der Waals surface area contributed by atoms with Crippen molar-refractivity contribution in [3.05, 3.63) is 56.7 Å². The first kappa shape index (κ1) is 14.6. The highest BCUT2D eigenvalue weighted by Gasteiger charge is 2.09. The maximum absolute atomic E-state index is 12.1. The second-order valence-electron chi connectivity index (χ2n) is 4.00. The molecule has 1 N–H and O–H groups in total. The molecule has 0 unspecified atom stereocenters. The summed E-state index contributed by atoms with van der Waals surface area (Å²) in [5.41, 5.74) is 0.685. The number of amides is 1. The first-order valence-corrected chi connectivity index (χ1v) is 6.60. The average molecular weight is 312 g/mol. The van der Waals surface area contributed by atoms with Crippen LogP contribution in [0.4, 0.5) is 5.69 Å². The third-order valence-electron chi connectivity index (χ3n) is 2.61. The molecule has 5 nitrogen and oxygen atoms in total. The Hall–Kier alpha value is -1.85. The molecule has 0 fully saturated rings. The lowest BCUT2D eigenvalue weighted by Gasteiger charge is -2.08. The van der Waals surface area contributed by atoms with Gasteiger partial charge in [0.15, 0.2) is 0 Å². The number of hydrogen-bond acceptors (Lipinski definition) is 3. The fourth-order valence-corrected chi connectivity index (χ4v) is 2.11. The quantitative estimate of drug-likeness (QED) is 0.886. The van der Waals surface area contributed by atoms with Crippen molar-refractivity contribution in [3.63, 3.8) is 0 Å². The van der Waals surface area contributed by atoms with E-state index in [-0.39, 0.29) is 21.8 Å². The number of hydrogen-bond donors (Lipinski definition) is 1. The molecule has 0 saturated heterocycles. The van der Waals surface area contributed by atoms with Gasteiger partial charge >= 0.3 is 0 Å². The summed E-state index contributed by atoms with van der Waals surface area (Å²) in [6.07, 6.45) is 1.57. The van der Waals surface area contributed by atoms with E-state index >= 15 is 0 Å². The first-order valence-electron chi connectivity index (χ1n) is 5.84. The molecular weight excluding hydrogens is 301 g/mol. The number of nitrogens with zero attached hydrogens (tertiary/aromatic N) is 2. The molecule has 0 radical (unpaired) electrons. The van der Waals surface area contributed by atoms with Crippen LogP contribution in [0.15, 0.2) is 35.3 Å². The minimum atomic E-state index is -0.377. The smallest absolute Gasteiger partial charge is 0.255 e. The standard InChI is InChI=1S/C13H11Cl2N3O2/c1-2-18-7-9(3-4-12(18)19)16-13(20)8-5-10(14)17-11(15)6-8/h3-7H,2H2,1H3,(H,16,20). The van der Waals surface area contributed by atoms with Crippen LogP contribution in [0.25, 0.3) is 0 Å². The molecule has 0 bridgehead atoms. The molecule has 2 aromatic rings. The van der Waals surface area contributed by atoms with Gasteiger partial charge in [-0.05, 0) is 25.1 Å². The second-order valence-corrected chi connectivity index (χ2v) is 4.77. The van der Waals surface area contributed by atoms with E-state index in [9.17, 15) is 9.59 Å². The van der Waals surface area contributed by atoms with Crippen LogP contribution in [0.2, 0.25) is 10.3 Å². The summed E-state index contributed by atoms with van der Waals surface area (Å²) in [5, 5.41) is 2.95. The number of aromatic nitrogens is 2. The van der Waals surface area contributed by atoms with Crippen LogP contribution in [-0.2, 0) is 6.54 Å². The maximum Gasteiger partial charge on any atom is 0.255 e. The van der Waals surface area contributed by atoms with Crippen molar-refractivity contribution in [1.82, 2.24) is 9.55 Å². The fraction of sp³-hybridized carbons (Fsp3) is 0.154. The Morgan fingerprint density at radius 2 is 1.95 bits per heavy atom. The van der Waals surface area contributed by atoms with Gasteiger partial charge in [0, 0.05) is 24.4 Å². The van der Waals surface area contributed by atoms with Crippen LogP contribution in [0.3, 0.4) is 0 Å². The molecule has 7 heteroatoms. The van der Waals surface area contributed by atoms with Crippen LogP contribution in [0.1, 0.15) is 17.3 Å². The zero-order valence-electron chi connectivity index (χ0n) is 10.6. The Kier molecular flexibility index (Phi) is 4.42. The molecule has 0 saturated carbocycles. The van der Waals surface area contributed by atoms with E-state index < -0.39 is 0 Å². The van der Waals surface area contributed by atoms with Gasteiger partial charge in [0.2, 0.25) is 0 Å². The van der Waals surface area contributed by atoms with Gasteiger partial charge in [-0.2, -0.15) is 0 Å². The van der Waals surface area contributed by atoms with Crippen molar-refractivity contribution >= 4 is 34.8 Å². The van der Waals surface area contributed by atoms with Crippen LogP contribution >= 0.6 is 23.2 Å². The summed E-state index contributed by atoms with van der Waals surface area (Å²) in [6.45, 7) is 2.37. The van der Waals surface area contributed by atoms with Crippen LogP contribution in [-0.4, -0.2) is 15.5 Å². The zero-order chi connectivity index (χ0) is 14.7. The minimum Gasteiger partial charge on any atom is -0.321 e.